The second kappa shape index (κ2) is 6.96. The van der Waals surface area contributed by atoms with Crippen LogP contribution in [-0.4, -0.2) is 45.0 Å². The summed E-state index contributed by atoms with van der Waals surface area (Å²) in [6, 6.07) is 4.08. The molecule has 0 unspecified atom stereocenters. The van der Waals surface area contributed by atoms with Gasteiger partial charge in [-0.05, 0) is 65.7 Å². The van der Waals surface area contributed by atoms with Crippen molar-refractivity contribution in [2.75, 3.05) is 23.3 Å². The van der Waals surface area contributed by atoms with E-state index in [0.29, 0.717) is 36.1 Å². The fourth-order valence-corrected chi connectivity index (χ4v) is 4.47. The molecule has 0 radical (unpaired) electrons. The standard InChI is InChI=1S/C22H29FN6O2/c1-21(2,3)26-19-25-16(18(24)30)17-22(4,5)29(20(31)27-10-6-7-11-27)15-12-13(23)8-9-14(15)28(17)19/h8-9,12H,6-7,10-11H2,1-5H3,(H2,24,30)(H,25,26). The van der Waals surface area contributed by atoms with E-state index in [-0.39, 0.29) is 17.3 Å². The smallest absolute Gasteiger partial charge is 0.325 e. The van der Waals surface area contributed by atoms with Crippen LogP contribution in [-0.2, 0) is 5.54 Å². The minimum Gasteiger partial charge on any atom is -0.364 e. The molecule has 3 N–H and O–H groups in total. The van der Waals surface area contributed by atoms with Crippen LogP contribution in [0.2, 0.25) is 0 Å². The number of carbonyl (C=O) groups excluding carboxylic acids is 2. The molecule has 2 aliphatic rings. The van der Waals surface area contributed by atoms with E-state index in [2.05, 4.69) is 10.3 Å². The van der Waals surface area contributed by atoms with Crippen LogP contribution in [0.5, 0.6) is 0 Å². The van der Waals surface area contributed by atoms with Crippen molar-refractivity contribution in [2.45, 2.75) is 58.5 Å². The monoisotopic (exact) mass is 428 g/mol. The number of fused-ring (bicyclic) bond motifs is 3. The van der Waals surface area contributed by atoms with Crippen LogP contribution in [0.25, 0.3) is 5.69 Å². The summed E-state index contributed by atoms with van der Waals surface area (Å²) in [6.07, 6.45) is 1.86. The Bertz CT molecular complexity index is 1060. The Balaban J connectivity index is 2.01. The van der Waals surface area contributed by atoms with E-state index in [1.54, 1.807) is 20.4 Å². The van der Waals surface area contributed by atoms with Gasteiger partial charge in [0, 0.05) is 18.6 Å². The molecule has 0 saturated carbocycles. The van der Waals surface area contributed by atoms with E-state index in [1.165, 1.54) is 12.1 Å². The van der Waals surface area contributed by atoms with Gasteiger partial charge in [-0.15, -0.1) is 0 Å². The molecule has 1 aromatic heterocycles. The Labute approximate surface area is 181 Å². The fourth-order valence-electron chi connectivity index (χ4n) is 4.47. The summed E-state index contributed by atoms with van der Waals surface area (Å²) in [4.78, 5) is 33.8. The van der Waals surface area contributed by atoms with Crippen molar-refractivity contribution in [3.05, 3.63) is 35.4 Å². The highest BCUT2D eigenvalue weighted by molar-refractivity contribution is 6.00. The van der Waals surface area contributed by atoms with Crippen LogP contribution < -0.4 is 16.0 Å². The molecule has 3 amide bonds. The summed E-state index contributed by atoms with van der Waals surface area (Å²) in [6.45, 7) is 10.9. The molecule has 4 rings (SSSR count). The zero-order chi connectivity index (χ0) is 22.7. The molecule has 2 aromatic rings. The Kier molecular flexibility index (Phi) is 4.75. The average Bonchev–Trinajstić information content (AvgIpc) is 3.28. The number of anilines is 2. The maximum Gasteiger partial charge on any atom is 0.325 e. The number of halogens is 1. The summed E-state index contributed by atoms with van der Waals surface area (Å²) in [5.41, 5.74) is 5.93. The van der Waals surface area contributed by atoms with Crippen LogP contribution >= 0.6 is 0 Å². The topological polar surface area (TPSA) is 96.5 Å². The number of rotatable bonds is 2. The Hall–Kier alpha value is -3.10. The van der Waals surface area contributed by atoms with Gasteiger partial charge in [0.1, 0.15) is 5.82 Å². The second-order valence-electron chi connectivity index (χ2n) is 9.71. The molecular weight excluding hydrogens is 399 g/mol. The first-order valence-electron chi connectivity index (χ1n) is 10.5. The van der Waals surface area contributed by atoms with Crippen molar-refractivity contribution >= 4 is 23.6 Å². The number of nitrogens with two attached hydrogens (primary N) is 1. The number of amides is 3. The molecule has 9 heteroatoms. The second-order valence-corrected chi connectivity index (χ2v) is 9.71. The summed E-state index contributed by atoms with van der Waals surface area (Å²) >= 11 is 0. The summed E-state index contributed by atoms with van der Waals surface area (Å²) in [5, 5.41) is 3.31. The van der Waals surface area contributed by atoms with Gasteiger partial charge >= 0.3 is 6.03 Å². The van der Waals surface area contributed by atoms with Crippen LogP contribution in [0, 0.1) is 5.82 Å². The predicted octanol–water partition coefficient (Wildman–Crippen LogP) is 3.59. The number of imidazole rings is 1. The lowest BCUT2D eigenvalue weighted by Gasteiger charge is -2.45. The molecule has 8 nitrogen and oxygen atoms in total. The minimum atomic E-state index is -1.00. The number of primary amides is 1. The van der Waals surface area contributed by atoms with Crippen LogP contribution in [0.4, 0.5) is 20.8 Å². The molecule has 0 bridgehead atoms. The molecule has 0 atom stereocenters. The Morgan fingerprint density at radius 2 is 1.81 bits per heavy atom. The lowest BCUT2D eigenvalue weighted by molar-refractivity contribution is 0.0993. The third-order valence-electron chi connectivity index (χ3n) is 5.72. The maximum absolute atomic E-state index is 14.4. The first-order valence-corrected chi connectivity index (χ1v) is 10.5. The largest absolute Gasteiger partial charge is 0.364 e. The lowest BCUT2D eigenvalue weighted by Crippen LogP contribution is -2.55. The molecule has 1 aromatic carbocycles. The van der Waals surface area contributed by atoms with E-state index < -0.39 is 17.3 Å². The first kappa shape index (κ1) is 21.1. The van der Waals surface area contributed by atoms with Gasteiger partial charge in [-0.3, -0.25) is 14.3 Å². The van der Waals surface area contributed by atoms with Crippen molar-refractivity contribution < 1.29 is 14.0 Å². The number of urea groups is 1. The predicted molar refractivity (Wildman–Crippen MR) is 117 cm³/mol. The number of carbonyl (C=O) groups is 2. The lowest BCUT2D eigenvalue weighted by atomic mass is 9.91. The molecule has 3 heterocycles. The molecule has 1 saturated heterocycles. The van der Waals surface area contributed by atoms with Crippen molar-refractivity contribution in [3.8, 4) is 5.69 Å². The van der Waals surface area contributed by atoms with Crippen molar-refractivity contribution in [1.29, 1.82) is 0 Å². The third kappa shape index (κ3) is 3.41. The molecule has 0 aliphatic carbocycles. The van der Waals surface area contributed by atoms with Gasteiger partial charge in [0.15, 0.2) is 5.69 Å². The number of aromatic nitrogens is 2. The van der Waals surface area contributed by atoms with Crippen molar-refractivity contribution in [1.82, 2.24) is 14.5 Å². The number of hydrogen-bond donors (Lipinski definition) is 2. The van der Waals surface area contributed by atoms with Gasteiger partial charge in [0.05, 0.1) is 22.6 Å². The van der Waals surface area contributed by atoms with E-state index in [4.69, 9.17) is 5.73 Å². The van der Waals surface area contributed by atoms with Gasteiger partial charge in [-0.25, -0.2) is 14.2 Å². The molecule has 166 valence electrons. The number of nitrogens with zero attached hydrogens (tertiary/aromatic N) is 4. The van der Waals surface area contributed by atoms with Gasteiger partial charge in [0.2, 0.25) is 5.95 Å². The zero-order valence-corrected chi connectivity index (χ0v) is 18.6. The van der Waals surface area contributed by atoms with E-state index in [1.807, 2.05) is 34.6 Å². The number of likely N-dealkylation sites (tertiary alicyclic amines) is 1. The quantitative estimate of drug-likeness (QED) is 0.764. The van der Waals surface area contributed by atoms with E-state index >= 15 is 0 Å². The molecule has 2 aliphatic heterocycles. The first-order chi connectivity index (χ1) is 14.4. The summed E-state index contributed by atoms with van der Waals surface area (Å²) in [7, 11) is 0. The van der Waals surface area contributed by atoms with Gasteiger partial charge in [-0.2, -0.15) is 0 Å². The fraction of sp³-hybridized carbons (Fsp3) is 0.500. The van der Waals surface area contributed by atoms with E-state index in [9.17, 15) is 14.0 Å². The van der Waals surface area contributed by atoms with Gasteiger partial charge in [-0.1, -0.05) is 0 Å². The normalized spacial score (nSPS) is 17.4. The Morgan fingerprint density at radius 3 is 2.39 bits per heavy atom. The minimum absolute atomic E-state index is 0.0888. The Morgan fingerprint density at radius 1 is 1.16 bits per heavy atom. The average molecular weight is 429 g/mol. The van der Waals surface area contributed by atoms with Crippen molar-refractivity contribution in [2.24, 2.45) is 5.73 Å². The number of hydrogen-bond acceptors (Lipinski definition) is 4. The van der Waals surface area contributed by atoms with Crippen molar-refractivity contribution in [3.63, 3.8) is 0 Å². The van der Waals surface area contributed by atoms with Crippen LogP contribution in [0.15, 0.2) is 18.2 Å². The summed E-state index contributed by atoms with van der Waals surface area (Å²) in [5.74, 6) is -0.707. The van der Waals surface area contributed by atoms with Crippen LogP contribution in [0.3, 0.4) is 0 Å². The number of benzene rings is 1. The highest BCUT2D eigenvalue weighted by atomic mass is 19.1. The van der Waals surface area contributed by atoms with Crippen LogP contribution in [0.1, 0.15) is 63.6 Å². The third-order valence-corrected chi connectivity index (χ3v) is 5.72. The summed E-state index contributed by atoms with van der Waals surface area (Å²) < 4.78 is 16.2. The SMILES string of the molecule is CC(C)(C)Nc1nc(C(N)=O)c2n1-c1ccc(F)cc1N(C(=O)N1CCCC1)C2(C)C. The molecule has 1 fully saturated rings. The maximum atomic E-state index is 14.4. The highest BCUT2D eigenvalue weighted by Gasteiger charge is 2.47. The molecule has 0 spiro atoms. The number of nitrogens with one attached hydrogen (secondary N) is 1. The van der Waals surface area contributed by atoms with Gasteiger partial charge in [0.25, 0.3) is 5.91 Å². The molecular formula is C22H29FN6O2. The van der Waals surface area contributed by atoms with E-state index in [0.717, 1.165) is 12.8 Å². The van der Waals surface area contributed by atoms with Gasteiger partial charge < -0.3 is 16.0 Å². The highest BCUT2D eigenvalue weighted by Crippen LogP contribution is 2.46. The molecule has 31 heavy (non-hydrogen) atoms. The zero-order valence-electron chi connectivity index (χ0n) is 18.6.